The van der Waals surface area contributed by atoms with Crippen LogP contribution in [-0.2, 0) is 14.3 Å². The predicted molar refractivity (Wildman–Crippen MR) is 119 cm³/mol. The number of unbranched alkanes of at least 4 members (excludes halogenated alkanes) is 6. The van der Waals surface area contributed by atoms with Gasteiger partial charge in [-0.25, -0.2) is 0 Å². The molecule has 1 aromatic rings. The van der Waals surface area contributed by atoms with Gasteiger partial charge in [0.1, 0.15) is 5.02 Å². The van der Waals surface area contributed by atoms with Gasteiger partial charge >= 0.3 is 11.9 Å². The molecule has 0 heterocycles. The van der Waals surface area contributed by atoms with Crippen LogP contribution < -0.4 is 4.74 Å². The third-order valence-corrected chi connectivity index (χ3v) is 6.13. The molecule has 0 N–H and O–H groups in total. The van der Waals surface area contributed by atoms with Gasteiger partial charge in [0.15, 0.2) is 11.2 Å². The Morgan fingerprint density at radius 2 is 1.45 bits per heavy atom. The van der Waals surface area contributed by atoms with Crippen molar-refractivity contribution in [2.75, 3.05) is 6.61 Å². The van der Waals surface area contributed by atoms with Crippen molar-refractivity contribution in [1.29, 1.82) is 0 Å². The normalized spacial score (nSPS) is 11.4. The summed E-state index contributed by atoms with van der Waals surface area (Å²) in [5, 5.41) is 0.520. The zero-order valence-corrected chi connectivity index (χ0v) is 19.8. The summed E-state index contributed by atoms with van der Waals surface area (Å²) < 4.78 is 10.8. The Morgan fingerprint density at radius 1 is 0.862 bits per heavy atom. The quantitative estimate of drug-likeness (QED) is 0.0986. The minimum Gasteiger partial charge on any atom is -0.465 e. The lowest BCUT2D eigenvalue weighted by molar-refractivity contribution is -0.168. The van der Waals surface area contributed by atoms with Gasteiger partial charge in [0.25, 0.3) is 0 Å². The van der Waals surface area contributed by atoms with E-state index < -0.39 is 17.4 Å². The lowest BCUT2D eigenvalue weighted by Crippen LogP contribution is -2.42. The number of rotatable bonds is 13. The van der Waals surface area contributed by atoms with Crippen LogP contribution in [0.5, 0.6) is 5.75 Å². The third kappa shape index (κ3) is 7.66. The predicted octanol–water partition coefficient (Wildman–Crippen LogP) is 7.65. The van der Waals surface area contributed by atoms with Crippen molar-refractivity contribution in [2.45, 2.75) is 78.6 Å². The van der Waals surface area contributed by atoms with Crippen LogP contribution in [0.15, 0.2) is 12.1 Å². The van der Waals surface area contributed by atoms with Gasteiger partial charge in [0.05, 0.1) is 11.6 Å². The van der Waals surface area contributed by atoms with Gasteiger partial charge in [-0.1, -0.05) is 94.1 Å². The first-order valence-electron chi connectivity index (χ1n) is 10.4. The summed E-state index contributed by atoms with van der Waals surface area (Å²) in [6.45, 7) is 6.00. The molecule has 0 amide bonds. The number of esters is 2. The van der Waals surface area contributed by atoms with Crippen LogP contribution in [0.1, 0.15) is 78.6 Å². The molecule has 0 spiro atoms. The lowest BCUT2D eigenvalue weighted by atomic mass is 9.82. The highest BCUT2D eigenvalue weighted by molar-refractivity contribution is 6.44. The molecule has 7 heteroatoms. The fourth-order valence-corrected chi connectivity index (χ4v) is 3.70. The summed E-state index contributed by atoms with van der Waals surface area (Å²) in [7, 11) is 0. The SMILES string of the molecule is CCCCCCCCCOC(=O)C(CC)(CC)C(=O)Oc1cc(Cl)cc(Cl)c1Cl. The van der Waals surface area contributed by atoms with Crippen LogP contribution in [0, 0.1) is 5.41 Å². The molecule has 0 aliphatic carbocycles. The molecule has 0 bridgehead atoms. The van der Waals surface area contributed by atoms with E-state index in [1.807, 2.05) is 0 Å². The Hall–Kier alpha value is -0.970. The van der Waals surface area contributed by atoms with E-state index in [2.05, 4.69) is 6.92 Å². The van der Waals surface area contributed by atoms with Crippen molar-refractivity contribution in [3.63, 3.8) is 0 Å². The monoisotopic (exact) mass is 464 g/mol. The van der Waals surface area contributed by atoms with Crippen LogP contribution in [0.4, 0.5) is 0 Å². The van der Waals surface area contributed by atoms with Crippen molar-refractivity contribution in [3.05, 3.63) is 27.2 Å². The van der Waals surface area contributed by atoms with Gasteiger partial charge in [-0.05, 0) is 25.3 Å². The molecule has 0 saturated heterocycles. The number of hydrogen-bond acceptors (Lipinski definition) is 4. The Morgan fingerprint density at radius 3 is 2.03 bits per heavy atom. The van der Waals surface area contributed by atoms with Gasteiger partial charge in [-0.2, -0.15) is 0 Å². The van der Waals surface area contributed by atoms with Crippen molar-refractivity contribution >= 4 is 46.7 Å². The van der Waals surface area contributed by atoms with E-state index in [4.69, 9.17) is 44.3 Å². The van der Waals surface area contributed by atoms with Crippen molar-refractivity contribution in [3.8, 4) is 5.75 Å². The highest BCUT2D eigenvalue weighted by atomic mass is 35.5. The molecule has 1 rings (SSSR count). The third-order valence-electron chi connectivity index (χ3n) is 5.13. The molecule has 0 fully saturated rings. The van der Waals surface area contributed by atoms with E-state index >= 15 is 0 Å². The van der Waals surface area contributed by atoms with E-state index in [0.717, 1.165) is 19.3 Å². The van der Waals surface area contributed by atoms with Crippen LogP contribution in [0.3, 0.4) is 0 Å². The molecule has 164 valence electrons. The molecule has 0 atom stereocenters. The van der Waals surface area contributed by atoms with Crippen molar-refractivity contribution in [1.82, 2.24) is 0 Å². The summed E-state index contributed by atoms with van der Waals surface area (Å²) in [6.07, 6.45) is 8.34. The van der Waals surface area contributed by atoms with Crippen molar-refractivity contribution < 1.29 is 19.1 Å². The number of ether oxygens (including phenoxy) is 2. The second kappa shape index (κ2) is 13.4. The van der Waals surface area contributed by atoms with E-state index in [9.17, 15) is 9.59 Å². The standard InChI is InChI=1S/C22H31Cl3O4/c1-4-7-8-9-10-11-12-13-28-20(26)22(5-2,6-3)21(27)29-18-15-16(23)14-17(24)19(18)25/h14-15H,4-13H2,1-3H3. The first-order valence-corrected chi connectivity index (χ1v) is 11.5. The van der Waals surface area contributed by atoms with Crippen molar-refractivity contribution in [2.24, 2.45) is 5.41 Å². The van der Waals surface area contributed by atoms with Gasteiger partial charge in [-0.15, -0.1) is 0 Å². The highest BCUT2D eigenvalue weighted by Gasteiger charge is 2.46. The minimum atomic E-state index is -1.39. The van der Waals surface area contributed by atoms with Gasteiger partial charge < -0.3 is 9.47 Å². The Labute approximate surface area is 189 Å². The van der Waals surface area contributed by atoms with Gasteiger partial charge in [-0.3, -0.25) is 9.59 Å². The average molecular weight is 466 g/mol. The number of benzene rings is 1. The molecule has 0 aliphatic rings. The van der Waals surface area contributed by atoms with Crippen LogP contribution >= 0.6 is 34.8 Å². The Bertz CT molecular complexity index is 672. The summed E-state index contributed by atoms with van der Waals surface area (Å²) in [5.74, 6) is -1.25. The first kappa shape index (κ1) is 26.1. The molecule has 0 saturated carbocycles. The summed E-state index contributed by atoms with van der Waals surface area (Å²) in [4.78, 5) is 25.6. The maximum Gasteiger partial charge on any atom is 0.328 e. The highest BCUT2D eigenvalue weighted by Crippen LogP contribution is 2.38. The van der Waals surface area contributed by atoms with Gasteiger partial charge in [0, 0.05) is 11.1 Å². The van der Waals surface area contributed by atoms with Gasteiger partial charge in [0.2, 0.25) is 0 Å². The summed E-state index contributed by atoms with van der Waals surface area (Å²) in [6, 6.07) is 2.85. The molecule has 0 radical (unpaired) electrons. The molecule has 1 aromatic carbocycles. The molecule has 0 unspecified atom stereocenters. The zero-order valence-electron chi connectivity index (χ0n) is 17.5. The Kier molecular flexibility index (Phi) is 12.0. The Balaban J connectivity index is 2.68. The van der Waals surface area contributed by atoms with E-state index in [0.29, 0.717) is 6.61 Å². The fraction of sp³-hybridized carbons (Fsp3) is 0.636. The average Bonchev–Trinajstić information content (AvgIpc) is 2.69. The number of hydrogen-bond donors (Lipinski definition) is 0. The first-order chi connectivity index (χ1) is 13.8. The number of carbonyl (C=O) groups is 2. The van der Waals surface area contributed by atoms with Crippen LogP contribution in [-0.4, -0.2) is 18.5 Å². The summed E-state index contributed by atoms with van der Waals surface area (Å²) >= 11 is 18.1. The van der Waals surface area contributed by atoms with E-state index in [1.54, 1.807) is 13.8 Å². The van der Waals surface area contributed by atoms with Crippen LogP contribution in [0.2, 0.25) is 15.1 Å². The maximum absolute atomic E-state index is 12.9. The molecular formula is C22H31Cl3O4. The lowest BCUT2D eigenvalue weighted by Gasteiger charge is -2.27. The largest absolute Gasteiger partial charge is 0.465 e. The maximum atomic E-state index is 12.9. The number of halogens is 3. The fourth-order valence-electron chi connectivity index (χ4n) is 3.08. The molecule has 0 aliphatic heterocycles. The van der Waals surface area contributed by atoms with E-state index in [-0.39, 0.29) is 33.7 Å². The number of carbonyl (C=O) groups excluding carboxylic acids is 2. The smallest absolute Gasteiger partial charge is 0.328 e. The second-order valence-electron chi connectivity index (χ2n) is 7.14. The topological polar surface area (TPSA) is 52.6 Å². The molecule has 29 heavy (non-hydrogen) atoms. The summed E-state index contributed by atoms with van der Waals surface area (Å²) in [5.41, 5.74) is -1.39. The molecular weight excluding hydrogens is 435 g/mol. The minimum absolute atomic E-state index is 0.0281. The molecule has 0 aromatic heterocycles. The zero-order chi connectivity index (χ0) is 21.9. The van der Waals surface area contributed by atoms with Crippen LogP contribution in [0.25, 0.3) is 0 Å². The second-order valence-corrected chi connectivity index (χ2v) is 8.36. The molecule has 4 nitrogen and oxygen atoms in total. The van der Waals surface area contributed by atoms with E-state index in [1.165, 1.54) is 37.8 Å².